The molecule has 1 saturated heterocycles. The van der Waals surface area contributed by atoms with Crippen LogP contribution in [-0.4, -0.2) is 46.8 Å². The summed E-state index contributed by atoms with van der Waals surface area (Å²) in [7, 11) is 2.95. The van der Waals surface area contributed by atoms with Crippen molar-refractivity contribution in [2.75, 3.05) is 20.8 Å². The smallest absolute Gasteiger partial charge is 0.257 e. The minimum Gasteiger partial charge on any atom is -0.494 e. The highest BCUT2D eigenvalue weighted by Gasteiger charge is 2.33. The first-order valence-corrected chi connectivity index (χ1v) is 8.19. The van der Waals surface area contributed by atoms with Crippen LogP contribution in [0.2, 0.25) is 0 Å². The number of piperidine rings is 1. The van der Waals surface area contributed by atoms with Crippen LogP contribution < -0.4 is 4.74 Å². The zero-order chi connectivity index (χ0) is 17.8. The summed E-state index contributed by atoms with van der Waals surface area (Å²) in [6.07, 6.45) is 2.56. The van der Waals surface area contributed by atoms with Crippen LogP contribution in [0.4, 0.5) is 4.39 Å². The van der Waals surface area contributed by atoms with Crippen LogP contribution in [0, 0.1) is 5.82 Å². The zero-order valence-corrected chi connectivity index (χ0v) is 14.3. The lowest BCUT2D eigenvalue weighted by atomic mass is 10.00. The van der Waals surface area contributed by atoms with Gasteiger partial charge in [0, 0.05) is 13.7 Å². The average Bonchev–Trinajstić information content (AvgIpc) is 3.10. The van der Waals surface area contributed by atoms with Gasteiger partial charge in [-0.05, 0) is 31.4 Å². The lowest BCUT2D eigenvalue weighted by Gasteiger charge is -2.34. The van der Waals surface area contributed by atoms with E-state index in [9.17, 15) is 9.18 Å². The minimum atomic E-state index is -0.644. The molecule has 3 rings (SSSR count). The van der Waals surface area contributed by atoms with E-state index in [0.717, 1.165) is 19.3 Å². The molecule has 2 aromatic rings. The Morgan fingerprint density at radius 3 is 3.00 bits per heavy atom. The molecule has 1 atom stereocenters. The molecule has 0 unspecified atom stereocenters. The second-order valence-electron chi connectivity index (χ2n) is 5.91. The minimum absolute atomic E-state index is 0.00102. The SMILES string of the molecule is COCc1nc([C@H]2CCCCN2C(=O)c2cccc(OC)c2F)n[nH]1. The maximum atomic E-state index is 14.5. The van der Waals surface area contributed by atoms with Crippen LogP contribution in [0.25, 0.3) is 0 Å². The Balaban J connectivity index is 1.88. The number of rotatable bonds is 5. The van der Waals surface area contributed by atoms with Crippen LogP contribution in [0.3, 0.4) is 0 Å². The topological polar surface area (TPSA) is 80.3 Å². The number of methoxy groups -OCH3 is 2. The van der Waals surface area contributed by atoms with E-state index >= 15 is 0 Å². The molecular formula is C17H21FN4O3. The van der Waals surface area contributed by atoms with E-state index < -0.39 is 5.82 Å². The Kier molecular flexibility index (Phi) is 5.28. The summed E-state index contributed by atoms with van der Waals surface area (Å²) in [6.45, 7) is 0.854. The van der Waals surface area contributed by atoms with E-state index in [1.807, 2.05) is 0 Å². The summed E-state index contributed by atoms with van der Waals surface area (Å²) in [5.41, 5.74) is -0.00102. The second-order valence-corrected chi connectivity index (χ2v) is 5.91. The van der Waals surface area contributed by atoms with Gasteiger partial charge in [0.15, 0.2) is 23.2 Å². The van der Waals surface area contributed by atoms with Crippen LogP contribution in [0.5, 0.6) is 5.75 Å². The fourth-order valence-electron chi connectivity index (χ4n) is 3.09. The Bertz CT molecular complexity index is 749. The van der Waals surface area contributed by atoms with Crippen molar-refractivity contribution in [1.82, 2.24) is 20.1 Å². The van der Waals surface area contributed by atoms with E-state index in [4.69, 9.17) is 9.47 Å². The maximum Gasteiger partial charge on any atom is 0.257 e. The number of nitrogens with zero attached hydrogens (tertiary/aromatic N) is 3. The second kappa shape index (κ2) is 7.60. The molecule has 1 aromatic carbocycles. The number of halogens is 1. The number of benzene rings is 1. The number of carbonyl (C=O) groups is 1. The van der Waals surface area contributed by atoms with Crippen LogP contribution in [-0.2, 0) is 11.3 Å². The van der Waals surface area contributed by atoms with Gasteiger partial charge in [0.2, 0.25) is 0 Å². The highest BCUT2D eigenvalue weighted by molar-refractivity contribution is 5.95. The van der Waals surface area contributed by atoms with Crippen molar-refractivity contribution in [1.29, 1.82) is 0 Å². The van der Waals surface area contributed by atoms with E-state index in [1.54, 1.807) is 18.1 Å². The standard InChI is InChI=1S/C17H21FN4O3/c1-24-10-14-19-16(21-20-14)12-7-3-4-9-22(12)17(23)11-6-5-8-13(25-2)15(11)18/h5-6,8,12H,3-4,7,9-10H2,1-2H3,(H,19,20,21)/t12-/m1/s1. The third kappa shape index (κ3) is 3.48. The molecule has 0 aliphatic carbocycles. The van der Waals surface area contributed by atoms with Gasteiger partial charge in [-0.2, -0.15) is 5.10 Å². The number of nitrogens with one attached hydrogen (secondary N) is 1. The number of hydrogen-bond acceptors (Lipinski definition) is 5. The third-order valence-corrected chi connectivity index (χ3v) is 4.31. The number of likely N-dealkylation sites (tertiary alicyclic amines) is 1. The van der Waals surface area contributed by atoms with E-state index in [-0.39, 0.29) is 23.3 Å². The molecule has 8 heteroatoms. The number of aromatic nitrogens is 3. The van der Waals surface area contributed by atoms with Crippen molar-refractivity contribution >= 4 is 5.91 Å². The largest absolute Gasteiger partial charge is 0.494 e. The summed E-state index contributed by atoms with van der Waals surface area (Å²) in [5, 5.41) is 7.03. The zero-order valence-electron chi connectivity index (χ0n) is 14.3. The summed E-state index contributed by atoms with van der Waals surface area (Å²) in [5.74, 6) is 0.166. The molecule has 2 heterocycles. The number of aromatic amines is 1. The number of carbonyl (C=O) groups excluding carboxylic acids is 1. The van der Waals surface area contributed by atoms with Gasteiger partial charge >= 0.3 is 0 Å². The fraction of sp³-hybridized carbons (Fsp3) is 0.471. The molecule has 1 aliphatic rings. The van der Waals surface area contributed by atoms with Crippen molar-refractivity contribution in [2.24, 2.45) is 0 Å². The fourth-order valence-corrected chi connectivity index (χ4v) is 3.09. The van der Waals surface area contributed by atoms with Gasteiger partial charge in [-0.3, -0.25) is 9.89 Å². The summed E-state index contributed by atoms with van der Waals surface area (Å²) < 4.78 is 24.5. The van der Waals surface area contributed by atoms with Crippen molar-refractivity contribution in [3.05, 3.63) is 41.2 Å². The first-order valence-electron chi connectivity index (χ1n) is 8.19. The molecule has 7 nitrogen and oxygen atoms in total. The molecule has 1 aromatic heterocycles. The molecule has 1 N–H and O–H groups in total. The summed E-state index contributed by atoms with van der Waals surface area (Å²) in [6, 6.07) is 4.29. The van der Waals surface area contributed by atoms with Crippen LogP contribution in [0.15, 0.2) is 18.2 Å². The van der Waals surface area contributed by atoms with Crippen molar-refractivity contribution in [3.63, 3.8) is 0 Å². The Morgan fingerprint density at radius 2 is 2.24 bits per heavy atom. The molecule has 0 spiro atoms. The molecule has 0 bridgehead atoms. The van der Waals surface area contributed by atoms with Gasteiger partial charge in [0.05, 0.1) is 18.7 Å². The normalized spacial score (nSPS) is 17.6. The lowest BCUT2D eigenvalue weighted by Crippen LogP contribution is -2.39. The predicted molar refractivity (Wildman–Crippen MR) is 87.7 cm³/mol. The number of hydrogen-bond donors (Lipinski definition) is 1. The molecule has 0 radical (unpaired) electrons. The van der Waals surface area contributed by atoms with Crippen LogP contribution >= 0.6 is 0 Å². The molecule has 0 saturated carbocycles. The molecule has 25 heavy (non-hydrogen) atoms. The molecule has 1 aliphatic heterocycles. The lowest BCUT2D eigenvalue weighted by molar-refractivity contribution is 0.0594. The first kappa shape index (κ1) is 17.3. The van der Waals surface area contributed by atoms with Crippen molar-refractivity contribution < 1.29 is 18.7 Å². The van der Waals surface area contributed by atoms with Gasteiger partial charge in [-0.1, -0.05) is 6.07 Å². The Morgan fingerprint density at radius 1 is 1.40 bits per heavy atom. The van der Waals surface area contributed by atoms with Gasteiger partial charge in [0.1, 0.15) is 6.61 Å². The highest BCUT2D eigenvalue weighted by atomic mass is 19.1. The number of amides is 1. The van der Waals surface area contributed by atoms with Gasteiger partial charge in [0.25, 0.3) is 5.91 Å². The van der Waals surface area contributed by atoms with Crippen molar-refractivity contribution in [2.45, 2.75) is 31.9 Å². The molecule has 1 amide bonds. The van der Waals surface area contributed by atoms with Crippen molar-refractivity contribution in [3.8, 4) is 5.75 Å². The van der Waals surface area contributed by atoms with Gasteiger partial charge in [-0.25, -0.2) is 9.37 Å². The molecule has 1 fully saturated rings. The first-order chi connectivity index (χ1) is 12.2. The monoisotopic (exact) mass is 348 g/mol. The number of ether oxygens (including phenoxy) is 2. The Hall–Kier alpha value is -2.48. The third-order valence-electron chi connectivity index (χ3n) is 4.31. The summed E-state index contributed by atoms with van der Waals surface area (Å²) >= 11 is 0. The highest BCUT2D eigenvalue weighted by Crippen LogP contribution is 2.31. The molecular weight excluding hydrogens is 327 g/mol. The van der Waals surface area contributed by atoms with Crippen LogP contribution in [0.1, 0.15) is 47.3 Å². The summed E-state index contributed by atoms with van der Waals surface area (Å²) in [4.78, 5) is 19.0. The van der Waals surface area contributed by atoms with Gasteiger partial charge in [-0.15, -0.1) is 0 Å². The molecule has 134 valence electrons. The number of H-pyrrole nitrogens is 1. The van der Waals surface area contributed by atoms with E-state index in [0.29, 0.717) is 24.8 Å². The quantitative estimate of drug-likeness (QED) is 0.898. The van der Waals surface area contributed by atoms with Gasteiger partial charge < -0.3 is 14.4 Å². The predicted octanol–water partition coefficient (Wildman–Crippen LogP) is 2.47. The van der Waals surface area contributed by atoms with E-state index in [2.05, 4.69) is 15.2 Å². The van der Waals surface area contributed by atoms with E-state index in [1.165, 1.54) is 19.2 Å². The Labute approximate surface area is 145 Å². The average molecular weight is 348 g/mol. The maximum absolute atomic E-state index is 14.5.